The van der Waals surface area contributed by atoms with Crippen molar-refractivity contribution in [2.75, 3.05) is 7.05 Å². The number of rotatable bonds is 6. The minimum Gasteiger partial charge on any atom is -0.481 e. The summed E-state index contributed by atoms with van der Waals surface area (Å²) in [4.78, 5) is 11.7. The van der Waals surface area contributed by atoms with Crippen LogP contribution in [0.2, 0.25) is 0 Å². The van der Waals surface area contributed by atoms with Gasteiger partial charge in [-0.3, -0.25) is 10.1 Å². The molecule has 2 rings (SSSR count). The normalized spacial score (nSPS) is 10.5. The maximum Gasteiger partial charge on any atom is 0.311 e. The zero-order valence-corrected chi connectivity index (χ0v) is 13.2. The molecule has 0 aliphatic carbocycles. The standard InChI is InChI=1S/C13H13BrN2O3S/c1-15-6-9-2-3-13(12(4-9)16(17)18)19-7-11-5-10(14)8-20-11/h2-5,8,15H,6-7H2,1H3. The zero-order valence-electron chi connectivity index (χ0n) is 10.8. The summed E-state index contributed by atoms with van der Waals surface area (Å²) in [5.74, 6) is 0.291. The van der Waals surface area contributed by atoms with Crippen LogP contribution >= 0.6 is 27.3 Å². The number of nitro benzene ring substituents is 1. The highest BCUT2D eigenvalue weighted by atomic mass is 79.9. The van der Waals surface area contributed by atoms with Crippen LogP contribution in [0.3, 0.4) is 0 Å². The maximum atomic E-state index is 11.1. The van der Waals surface area contributed by atoms with Crippen molar-refractivity contribution in [3.8, 4) is 5.75 Å². The molecule has 0 spiro atoms. The van der Waals surface area contributed by atoms with Gasteiger partial charge in [-0.2, -0.15) is 0 Å². The Morgan fingerprint density at radius 1 is 1.45 bits per heavy atom. The topological polar surface area (TPSA) is 64.4 Å². The van der Waals surface area contributed by atoms with Crippen molar-refractivity contribution in [3.05, 3.63) is 54.7 Å². The lowest BCUT2D eigenvalue weighted by Crippen LogP contribution is -2.06. The van der Waals surface area contributed by atoms with Crippen molar-refractivity contribution in [1.82, 2.24) is 5.32 Å². The van der Waals surface area contributed by atoms with Crippen molar-refractivity contribution < 1.29 is 9.66 Å². The van der Waals surface area contributed by atoms with E-state index in [4.69, 9.17) is 4.74 Å². The number of halogens is 1. The predicted octanol–water partition coefficient (Wildman–Crippen LogP) is 3.72. The van der Waals surface area contributed by atoms with Crippen molar-refractivity contribution in [1.29, 1.82) is 0 Å². The molecule has 1 N–H and O–H groups in total. The van der Waals surface area contributed by atoms with Crippen LogP contribution in [-0.4, -0.2) is 12.0 Å². The van der Waals surface area contributed by atoms with E-state index in [1.165, 1.54) is 6.07 Å². The van der Waals surface area contributed by atoms with Crippen LogP contribution in [-0.2, 0) is 13.2 Å². The van der Waals surface area contributed by atoms with Gasteiger partial charge in [0.1, 0.15) is 6.61 Å². The first kappa shape index (κ1) is 15.0. The second kappa shape index (κ2) is 6.83. The molecule has 0 amide bonds. The van der Waals surface area contributed by atoms with E-state index in [1.807, 2.05) is 17.5 Å². The number of ether oxygens (including phenoxy) is 1. The highest BCUT2D eigenvalue weighted by molar-refractivity contribution is 9.10. The smallest absolute Gasteiger partial charge is 0.311 e. The quantitative estimate of drug-likeness (QED) is 0.632. The van der Waals surface area contributed by atoms with E-state index in [0.29, 0.717) is 18.9 Å². The molecule has 1 aromatic heterocycles. The fourth-order valence-electron chi connectivity index (χ4n) is 1.72. The maximum absolute atomic E-state index is 11.1. The summed E-state index contributed by atoms with van der Waals surface area (Å²) in [6, 6.07) is 6.94. The highest BCUT2D eigenvalue weighted by Crippen LogP contribution is 2.29. The van der Waals surface area contributed by atoms with Crippen LogP contribution < -0.4 is 10.1 Å². The lowest BCUT2D eigenvalue weighted by Gasteiger charge is -2.07. The lowest BCUT2D eigenvalue weighted by atomic mass is 10.2. The van der Waals surface area contributed by atoms with Crippen LogP contribution in [0.4, 0.5) is 5.69 Å². The molecular weight excluding hydrogens is 344 g/mol. The highest BCUT2D eigenvalue weighted by Gasteiger charge is 2.16. The van der Waals surface area contributed by atoms with Crippen molar-refractivity contribution >= 4 is 33.0 Å². The first-order valence-corrected chi connectivity index (χ1v) is 7.55. The Kier molecular flexibility index (Phi) is 5.11. The van der Waals surface area contributed by atoms with Crippen LogP contribution in [0.25, 0.3) is 0 Å². The van der Waals surface area contributed by atoms with Gasteiger partial charge in [-0.25, -0.2) is 0 Å². The molecule has 2 aromatic rings. The Morgan fingerprint density at radius 2 is 2.25 bits per heavy atom. The Morgan fingerprint density at radius 3 is 2.85 bits per heavy atom. The van der Waals surface area contributed by atoms with Crippen molar-refractivity contribution in [2.45, 2.75) is 13.2 Å². The van der Waals surface area contributed by atoms with E-state index in [1.54, 1.807) is 24.5 Å². The first-order chi connectivity index (χ1) is 9.60. The minimum atomic E-state index is -0.418. The third-order valence-electron chi connectivity index (χ3n) is 2.59. The summed E-state index contributed by atoms with van der Waals surface area (Å²) in [7, 11) is 1.80. The molecule has 20 heavy (non-hydrogen) atoms. The molecule has 1 aromatic carbocycles. The third-order valence-corrected chi connectivity index (χ3v) is 4.26. The van der Waals surface area contributed by atoms with E-state index >= 15 is 0 Å². The number of hydrogen-bond donors (Lipinski definition) is 1. The van der Waals surface area contributed by atoms with E-state index in [2.05, 4.69) is 21.2 Å². The Balaban J connectivity index is 2.15. The summed E-state index contributed by atoms with van der Waals surface area (Å²) in [5.41, 5.74) is 0.846. The third kappa shape index (κ3) is 3.78. The monoisotopic (exact) mass is 356 g/mol. The van der Waals surface area contributed by atoms with Gasteiger partial charge >= 0.3 is 5.69 Å². The zero-order chi connectivity index (χ0) is 14.5. The van der Waals surface area contributed by atoms with Crippen LogP contribution in [0.15, 0.2) is 34.1 Å². The van der Waals surface area contributed by atoms with Crippen molar-refractivity contribution in [3.63, 3.8) is 0 Å². The Hall–Kier alpha value is -1.44. The molecule has 0 aliphatic rings. The van der Waals surface area contributed by atoms with Gasteiger partial charge in [-0.15, -0.1) is 11.3 Å². The fourth-order valence-corrected chi connectivity index (χ4v) is 3.08. The molecule has 1 heterocycles. The second-order valence-electron chi connectivity index (χ2n) is 4.11. The van der Waals surface area contributed by atoms with Gasteiger partial charge in [0.05, 0.1) is 4.92 Å². The fraction of sp³-hybridized carbons (Fsp3) is 0.231. The summed E-state index contributed by atoms with van der Waals surface area (Å²) < 4.78 is 6.54. The minimum absolute atomic E-state index is 0.00614. The molecule has 0 radical (unpaired) electrons. The second-order valence-corrected chi connectivity index (χ2v) is 6.02. The number of benzene rings is 1. The van der Waals surface area contributed by atoms with Gasteiger partial charge in [-0.05, 0) is 40.7 Å². The predicted molar refractivity (Wildman–Crippen MR) is 82.2 cm³/mol. The molecule has 5 nitrogen and oxygen atoms in total. The Bertz CT molecular complexity index is 615. The summed E-state index contributed by atoms with van der Waals surface area (Å²) >= 11 is 4.91. The molecule has 7 heteroatoms. The largest absolute Gasteiger partial charge is 0.481 e. The Labute approximate surface area is 128 Å². The van der Waals surface area contributed by atoms with E-state index in [9.17, 15) is 10.1 Å². The van der Waals surface area contributed by atoms with Gasteiger partial charge in [0, 0.05) is 27.3 Å². The average molecular weight is 357 g/mol. The van der Waals surface area contributed by atoms with Gasteiger partial charge < -0.3 is 10.1 Å². The molecule has 0 fully saturated rings. The van der Waals surface area contributed by atoms with E-state index < -0.39 is 4.92 Å². The van der Waals surface area contributed by atoms with E-state index in [0.717, 1.165) is 14.9 Å². The van der Waals surface area contributed by atoms with Gasteiger partial charge in [0.25, 0.3) is 0 Å². The SMILES string of the molecule is CNCc1ccc(OCc2cc(Br)cs2)c([N+](=O)[O-])c1. The number of nitro groups is 1. The molecule has 0 atom stereocenters. The summed E-state index contributed by atoms with van der Waals surface area (Å²) in [6.45, 7) is 0.904. The molecule has 0 saturated carbocycles. The van der Waals surface area contributed by atoms with Crippen LogP contribution in [0.5, 0.6) is 5.75 Å². The molecule has 0 bridgehead atoms. The summed E-state index contributed by atoms with van der Waals surface area (Å²) in [5, 5.41) is 16.0. The number of hydrogen-bond acceptors (Lipinski definition) is 5. The van der Waals surface area contributed by atoms with Crippen molar-refractivity contribution in [2.24, 2.45) is 0 Å². The molecule has 0 aliphatic heterocycles. The number of nitrogens with zero attached hydrogens (tertiary/aromatic N) is 1. The molecule has 0 saturated heterocycles. The number of thiophene rings is 1. The first-order valence-electron chi connectivity index (χ1n) is 5.88. The average Bonchev–Trinajstić information content (AvgIpc) is 2.83. The van der Waals surface area contributed by atoms with E-state index in [-0.39, 0.29) is 5.69 Å². The van der Waals surface area contributed by atoms with Gasteiger partial charge in [0.15, 0.2) is 5.75 Å². The molecule has 0 unspecified atom stereocenters. The number of nitrogens with one attached hydrogen (secondary N) is 1. The van der Waals surface area contributed by atoms with Crippen LogP contribution in [0, 0.1) is 10.1 Å². The van der Waals surface area contributed by atoms with Crippen LogP contribution in [0.1, 0.15) is 10.4 Å². The molecule has 106 valence electrons. The van der Waals surface area contributed by atoms with Gasteiger partial charge in [0.2, 0.25) is 0 Å². The van der Waals surface area contributed by atoms with Gasteiger partial charge in [-0.1, -0.05) is 6.07 Å². The lowest BCUT2D eigenvalue weighted by molar-refractivity contribution is -0.386. The molecular formula is C13H13BrN2O3S. The summed E-state index contributed by atoms with van der Waals surface area (Å²) in [6.07, 6.45) is 0.